The highest BCUT2D eigenvalue weighted by atomic mass is 19.1. The summed E-state index contributed by atoms with van der Waals surface area (Å²) in [7, 11) is 0. The van der Waals surface area contributed by atoms with Crippen LogP contribution in [0.2, 0.25) is 0 Å². The van der Waals surface area contributed by atoms with Crippen LogP contribution in [0.3, 0.4) is 0 Å². The maximum absolute atomic E-state index is 13.7. The summed E-state index contributed by atoms with van der Waals surface area (Å²) in [4.78, 5) is 0. The van der Waals surface area contributed by atoms with Crippen molar-refractivity contribution in [2.75, 3.05) is 6.54 Å². The lowest BCUT2D eigenvalue weighted by atomic mass is 9.88. The molecule has 1 N–H and O–H groups in total. The van der Waals surface area contributed by atoms with Crippen molar-refractivity contribution in [2.24, 2.45) is 5.92 Å². The molecule has 1 atom stereocenters. The van der Waals surface area contributed by atoms with Crippen LogP contribution in [0.25, 0.3) is 0 Å². The Morgan fingerprint density at radius 3 is 2.33 bits per heavy atom. The van der Waals surface area contributed by atoms with E-state index in [0.717, 1.165) is 36.9 Å². The molecule has 18 heavy (non-hydrogen) atoms. The quantitative estimate of drug-likeness (QED) is 0.746. The molecule has 1 aromatic rings. The molecule has 0 aliphatic rings. The van der Waals surface area contributed by atoms with Crippen LogP contribution >= 0.6 is 0 Å². The summed E-state index contributed by atoms with van der Waals surface area (Å²) in [5.74, 6) is 0.473. The fourth-order valence-corrected chi connectivity index (χ4v) is 2.42. The molecule has 0 spiro atoms. The van der Waals surface area contributed by atoms with Gasteiger partial charge in [-0.05, 0) is 43.0 Å². The van der Waals surface area contributed by atoms with Gasteiger partial charge in [0, 0.05) is 6.04 Å². The van der Waals surface area contributed by atoms with Gasteiger partial charge in [0.15, 0.2) is 0 Å². The van der Waals surface area contributed by atoms with Crippen LogP contribution < -0.4 is 5.32 Å². The molecule has 1 unspecified atom stereocenters. The minimum Gasteiger partial charge on any atom is -0.310 e. The standard InChI is InChI=1S/C16H26FN/c1-5-10-18-16(13(6-2)7-3)14-9-8-12(4)15(17)11-14/h8-9,11,13,16,18H,5-7,10H2,1-4H3. The molecule has 0 fully saturated rings. The van der Waals surface area contributed by atoms with Gasteiger partial charge in [-0.1, -0.05) is 45.7 Å². The molecule has 0 heterocycles. The fourth-order valence-electron chi connectivity index (χ4n) is 2.42. The Hall–Kier alpha value is -0.890. The van der Waals surface area contributed by atoms with E-state index >= 15 is 0 Å². The molecule has 1 rings (SSSR count). The molecule has 1 nitrogen and oxygen atoms in total. The third kappa shape index (κ3) is 3.81. The van der Waals surface area contributed by atoms with Crippen LogP contribution in [-0.4, -0.2) is 6.54 Å². The van der Waals surface area contributed by atoms with Crippen molar-refractivity contribution >= 4 is 0 Å². The molecule has 0 bridgehead atoms. The third-order valence-corrected chi connectivity index (χ3v) is 3.69. The molecule has 0 saturated carbocycles. The van der Waals surface area contributed by atoms with Gasteiger partial charge in [-0.3, -0.25) is 0 Å². The second-order valence-corrected chi connectivity index (χ2v) is 5.02. The van der Waals surface area contributed by atoms with E-state index in [4.69, 9.17) is 0 Å². The van der Waals surface area contributed by atoms with Gasteiger partial charge >= 0.3 is 0 Å². The molecule has 2 heteroatoms. The number of halogens is 1. The van der Waals surface area contributed by atoms with Crippen molar-refractivity contribution in [2.45, 2.75) is 53.0 Å². The number of nitrogens with one attached hydrogen (secondary N) is 1. The van der Waals surface area contributed by atoms with Crippen LogP contribution in [0.4, 0.5) is 4.39 Å². The average molecular weight is 251 g/mol. The maximum atomic E-state index is 13.7. The van der Waals surface area contributed by atoms with E-state index in [-0.39, 0.29) is 11.9 Å². The summed E-state index contributed by atoms with van der Waals surface area (Å²) in [6, 6.07) is 5.91. The third-order valence-electron chi connectivity index (χ3n) is 3.69. The van der Waals surface area contributed by atoms with E-state index in [2.05, 4.69) is 32.2 Å². The first-order valence-corrected chi connectivity index (χ1v) is 7.13. The summed E-state index contributed by atoms with van der Waals surface area (Å²) >= 11 is 0. The van der Waals surface area contributed by atoms with Gasteiger partial charge in [-0.2, -0.15) is 0 Å². The Balaban J connectivity index is 2.96. The first kappa shape index (κ1) is 15.2. The molecular formula is C16H26FN. The summed E-state index contributed by atoms with van der Waals surface area (Å²) in [6.45, 7) is 9.37. The summed E-state index contributed by atoms with van der Waals surface area (Å²) in [5.41, 5.74) is 1.80. The Morgan fingerprint density at radius 1 is 1.17 bits per heavy atom. The highest BCUT2D eigenvalue weighted by Crippen LogP contribution is 2.28. The summed E-state index contributed by atoms with van der Waals surface area (Å²) in [5, 5.41) is 3.57. The van der Waals surface area contributed by atoms with Crippen molar-refractivity contribution in [3.63, 3.8) is 0 Å². The maximum Gasteiger partial charge on any atom is 0.126 e. The average Bonchev–Trinajstić information content (AvgIpc) is 2.38. The van der Waals surface area contributed by atoms with Gasteiger partial charge in [0.2, 0.25) is 0 Å². The molecule has 0 aliphatic heterocycles. The minimum absolute atomic E-state index is 0.0956. The predicted molar refractivity (Wildman–Crippen MR) is 76.2 cm³/mol. The number of benzene rings is 1. The van der Waals surface area contributed by atoms with E-state index in [1.165, 1.54) is 0 Å². The van der Waals surface area contributed by atoms with Gasteiger partial charge in [-0.25, -0.2) is 4.39 Å². The number of hydrogen-bond acceptors (Lipinski definition) is 1. The molecular weight excluding hydrogens is 225 g/mol. The SMILES string of the molecule is CCCNC(c1ccc(C)c(F)c1)C(CC)CC. The van der Waals surface area contributed by atoms with Gasteiger partial charge < -0.3 is 5.32 Å². The van der Waals surface area contributed by atoms with Crippen LogP contribution in [0.1, 0.15) is 57.2 Å². The van der Waals surface area contributed by atoms with Gasteiger partial charge in [0.1, 0.15) is 5.82 Å². The van der Waals surface area contributed by atoms with Crippen LogP contribution in [-0.2, 0) is 0 Å². The zero-order chi connectivity index (χ0) is 13.5. The zero-order valence-corrected chi connectivity index (χ0v) is 12.1. The van der Waals surface area contributed by atoms with Crippen molar-refractivity contribution < 1.29 is 4.39 Å². The molecule has 102 valence electrons. The Bertz CT molecular complexity index is 358. The predicted octanol–water partition coefficient (Wildman–Crippen LogP) is 4.61. The lowest BCUT2D eigenvalue weighted by Gasteiger charge is -2.27. The van der Waals surface area contributed by atoms with Crippen LogP contribution in [0.5, 0.6) is 0 Å². The Labute approximate surface area is 111 Å². The fraction of sp³-hybridized carbons (Fsp3) is 0.625. The molecule has 0 saturated heterocycles. The van der Waals surface area contributed by atoms with E-state index in [0.29, 0.717) is 5.92 Å². The molecule has 0 aliphatic carbocycles. The second-order valence-electron chi connectivity index (χ2n) is 5.02. The topological polar surface area (TPSA) is 12.0 Å². The highest BCUT2D eigenvalue weighted by molar-refractivity contribution is 5.26. The van der Waals surface area contributed by atoms with Crippen molar-refractivity contribution in [3.05, 3.63) is 35.1 Å². The van der Waals surface area contributed by atoms with Crippen molar-refractivity contribution in [3.8, 4) is 0 Å². The number of hydrogen-bond donors (Lipinski definition) is 1. The molecule has 0 amide bonds. The number of rotatable bonds is 7. The lowest BCUT2D eigenvalue weighted by molar-refractivity contribution is 0.340. The second kappa shape index (κ2) is 7.52. The summed E-state index contributed by atoms with van der Waals surface area (Å²) < 4.78 is 13.7. The van der Waals surface area contributed by atoms with Gasteiger partial charge in [0.25, 0.3) is 0 Å². The van der Waals surface area contributed by atoms with Crippen LogP contribution in [0.15, 0.2) is 18.2 Å². The van der Waals surface area contributed by atoms with E-state index in [1.54, 1.807) is 6.07 Å². The first-order valence-electron chi connectivity index (χ1n) is 7.13. The Morgan fingerprint density at radius 2 is 1.83 bits per heavy atom. The molecule has 0 aromatic heterocycles. The smallest absolute Gasteiger partial charge is 0.126 e. The molecule has 0 radical (unpaired) electrons. The zero-order valence-electron chi connectivity index (χ0n) is 12.1. The van der Waals surface area contributed by atoms with E-state index < -0.39 is 0 Å². The van der Waals surface area contributed by atoms with Crippen molar-refractivity contribution in [1.82, 2.24) is 5.32 Å². The Kier molecular flexibility index (Phi) is 6.34. The van der Waals surface area contributed by atoms with Gasteiger partial charge in [0.05, 0.1) is 0 Å². The summed E-state index contributed by atoms with van der Waals surface area (Å²) in [6.07, 6.45) is 3.34. The van der Waals surface area contributed by atoms with Crippen molar-refractivity contribution in [1.29, 1.82) is 0 Å². The molecule has 1 aromatic carbocycles. The minimum atomic E-state index is -0.0956. The first-order chi connectivity index (χ1) is 8.63. The van der Waals surface area contributed by atoms with E-state index in [9.17, 15) is 4.39 Å². The van der Waals surface area contributed by atoms with Gasteiger partial charge in [-0.15, -0.1) is 0 Å². The lowest BCUT2D eigenvalue weighted by Crippen LogP contribution is -2.28. The normalized spacial score (nSPS) is 13.0. The largest absolute Gasteiger partial charge is 0.310 e. The monoisotopic (exact) mass is 251 g/mol. The number of aryl methyl sites for hydroxylation is 1. The van der Waals surface area contributed by atoms with E-state index in [1.807, 2.05) is 13.0 Å². The highest BCUT2D eigenvalue weighted by Gasteiger charge is 2.20. The van der Waals surface area contributed by atoms with Crippen LogP contribution in [0, 0.1) is 18.7 Å².